The summed E-state index contributed by atoms with van der Waals surface area (Å²) >= 11 is 0. The Balaban J connectivity index is 1.67. The molecule has 1 aromatic carbocycles. The highest BCUT2D eigenvalue weighted by molar-refractivity contribution is 5.91. The molecule has 10 nitrogen and oxygen atoms in total. The number of aromatic nitrogens is 3. The summed E-state index contributed by atoms with van der Waals surface area (Å²) in [7, 11) is 0. The SMILES string of the molecule is CC(C)(C)OC(=O)[C@@H]1CC[C@@](CC#N)(n2nc(Nc3ccc([C@@H](N)CF)cc3)c3c(=O)[nH]ccc32)CO1. The van der Waals surface area contributed by atoms with Gasteiger partial charge >= 0.3 is 5.97 Å². The van der Waals surface area contributed by atoms with Gasteiger partial charge in [-0.05, 0) is 57.4 Å². The topological polar surface area (TPSA) is 148 Å². The van der Waals surface area contributed by atoms with Crippen LogP contribution in [0.15, 0.2) is 41.3 Å². The molecule has 0 aliphatic carbocycles. The molecule has 0 unspecified atom stereocenters. The third kappa shape index (κ3) is 5.50. The number of halogens is 1. The van der Waals surface area contributed by atoms with Crippen molar-refractivity contribution in [2.24, 2.45) is 5.73 Å². The number of alkyl halides is 1. The number of carbonyl (C=O) groups is 1. The molecule has 4 N–H and O–H groups in total. The molecule has 0 radical (unpaired) electrons. The van der Waals surface area contributed by atoms with Gasteiger partial charge in [0, 0.05) is 11.9 Å². The van der Waals surface area contributed by atoms with Gasteiger partial charge in [0.15, 0.2) is 11.9 Å². The minimum absolute atomic E-state index is 0.0449. The van der Waals surface area contributed by atoms with Crippen LogP contribution in [0.2, 0.25) is 0 Å². The van der Waals surface area contributed by atoms with E-state index in [1.807, 2.05) is 0 Å². The summed E-state index contributed by atoms with van der Waals surface area (Å²) in [5.41, 5.74) is 5.67. The van der Waals surface area contributed by atoms with E-state index in [1.165, 1.54) is 6.20 Å². The van der Waals surface area contributed by atoms with Crippen LogP contribution >= 0.6 is 0 Å². The fraction of sp³-hybridized carbons (Fsp3) is 0.462. The molecule has 0 bridgehead atoms. The summed E-state index contributed by atoms with van der Waals surface area (Å²) in [5, 5.41) is 17.9. The van der Waals surface area contributed by atoms with Gasteiger partial charge in [-0.15, -0.1) is 0 Å². The molecule has 3 heterocycles. The highest BCUT2D eigenvalue weighted by Crippen LogP contribution is 2.37. The Morgan fingerprint density at radius 3 is 2.73 bits per heavy atom. The average molecular weight is 511 g/mol. The second kappa shape index (κ2) is 10.3. The maximum atomic E-state index is 12.9. The molecular weight excluding hydrogens is 479 g/mol. The third-order valence-electron chi connectivity index (χ3n) is 6.32. The number of ether oxygens (including phenoxy) is 2. The minimum Gasteiger partial charge on any atom is -0.458 e. The number of hydrogen-bond donors (Lipinski definition) is 3. The van der Waals surface area contributed by atoms with Gasteiger partial charge in [0.1, 0.15) is 17.7 Å². The van der Waals surface area contributed by atoms with Crippen LogP contribution in [-0.2, 0) is 19.8 Å². The first-order valence-electron chi connectivity index (χ1n) is 12.1. The summed E-state index contributed by atoms with van der Waals surface area (Å²) in [6, 6.07) is 10.1. The van der Waals surface area contributed by atoms with E-state index in [0.717, 1.165) is 0 Å². The first-order valence-corrected chi connectivity index (χ1v) is 12.1. The number of nitrogens with two attached hydrogens (primary N) is 1. The average Bonchev–Trinajstić information content (AvgIpc) is 3.23. The fourth-order valence-electron chi connectivity index (χ4n) is 4.46. The number of aromatic amines is 1. The van der Waals surface area contributed by atoms with Gasteiger partial charge in [-0.3, -0.25) is 9.48 Å². The number of H-pyrrole nitrogens is 1. The molecule has 0 spiro atoms. The number of esters is 1. The first kappa shape index (κ1) is 26.3. The van der Waals surface area contributed by atoms with Gasteiger partial charge in [-0.1, -0.05) is 12.1 Å². The van der Waals surface area contributed by atoms with Gasteiger partial charge in [0.2, 0.25) is 0 Å². The maximum Gasteiger partial charge on any atom is 0.335 e. The molecular formula is C26H31FN6O4. The molecule has 2 aromatic heterocycles. The lowest BCUT2D eigenvalue weighted by Gasteiger charge is -2.39. The number of nitrogens with one attached hydrogen (secondary N) is 2. The van der Waals surface area contributed by atoms with Crippen molar-refractivity contribution in [3.8, 4) is 6.07 Å². The van der Waals surface area contributed by atoms with Crippen LogP contribution in [0.4, 0.5) is 15.9 Å². The number of nitriles is 1. The predicted molar refractivity (Wildman–Crippen MR) is 136 cm³/mol. The van der Waals surface area contributed by atoms with E-state index < -0.39 is 35.9 Å². The lowest BCUT2D eigenvalue weighted by molar-refractivity contribution is -0.176. The Morgan fingerprint density at radius 1 is 1.41 bits per heavy atom. The summed E-state index contributed by atoms with van der Waals surface area (Å²) in [4.78, 5) is 28.1. The van der Waals surface area contributed by atoms with Crippen LogP contribution in [0.1, 0.15) is 51.6 Å². The zero-order valence-electron chi connectivity index (χ0n) is 21.1. The van der Waals surface area contributed by atoms with Crippen LogP contribution in [0, 0.1) is 11.3 Å². The van der Waals surface area contributed by atoms with E-state index >= 15 is 0 Å². The number of carbonyl (C=O) groups excluding carboxylic acids is 1. The lowest BCUT2D eigenvalue weighted by atomic mass is 9.87. The van der Waals surface area contributed by atoms with Crippen molar-refractivity contribution < 1.29 is 18.7 Å². The Hall–Kier alpha value is -3.75. The Bertz CT molecular complexity index is 1360. The van der Waals surface area contributed by atoms with Crippen molar-refractivity contribution in [2.75, 3.05) is 18.6 Å². The van der Waals surface area contributed by atoms with E-state index in [2.05, 4.69) is 16.4 Å². The minimum atomic E-state index is -0.892. The van der Waals surface area contributed by atoms with Gasteiger partial charge in [-0.25, -0.2) is 9.18 Å². The number of rotatable bonds is 7. The van der Waals surface area contributed by atoms with Crippen molar-refractivity contribution >= 4 is 28.4 Å². The highest BCUT2D eigenvalue weighted by atomic mass is 19.1. The molecule has 1 aliphatic heterocycles. The van der Waals surface area contributed by atoms with Gasteiger partial charge in [0.05, 0.1) is 36.2 Å². The van der Waals surface area contributed by atoms with Gasteiger partial charge in [-0.2, -0.15) is 10.4 Å². The van der Waals surface area contributed by atoms with Gasteiger partial charge < -0.3 is 25.5 Å². The molecule has 37 heavy (non-hydrogen) atoms. The van der Waals surface area contributed by atoms with Crippen LogP contribution in [0.25, 0.3) is 10.9 Å². The van der Waals surface area contributed by atoms with Crippen LogP contribution in [-0.4, -0.2) is 45.7 Å². The quantitative estimate of drug-likeness (QED) is 0.409. The maximum absolute atomic E-state index is 12.9. The molecule has 196 valence electrons. The summed E-state index contributed by atoms with van der Waals surface area (Å²) < 4.78 is 26.0. The second-order valence-electron chi connectivity index (χ2n) is 10.3. The van der Waals surface area contributed by atoms with Crippen molar-refractivity contribution in [1.29, 1.82) is 5.26 Å². The summed E-state index contributed by atoms with van der Waals surface area (Å²) in [5.74, 6) is -0.149. The monoisotopic (exact) mass is 510 g/mol. The highest BCUT2D eigenvalue weighted by Gasteiger charge is 2.43. The van der Waals surface area contributed by atoms with E-state index in [4.69, 9.17) is 20.3 Å². The normalized spacial score (nSPS) is 20.8. The zero-order chi connectivity index (χ0) is 26.8. The Labute approximate surface area is 213 Å². The number of pyridine rings is 1. The molecule has 3 aromatic rings. The van der Waals surface area contributed by atoms with Crippen molar-refractivity contribution in [3.05, 3.63) is 52.4 Å². The number of fused-ring (bicyclic) bond motifs is 1. The summed E-state index contributed by atoms with van der Waals surface area (Å²) in [6.07, 6.45) is 1.59. The number of benzene rings is 1. The molecule has 11 heteroatoms. The first-order chi connectivity index (χ1) is 17.6. The van der Waals surface area contributed by atoms with E-state index in [9.17, 15) is 19.2 Å². The number of hydrogen-bond acceptors (Lipinski definition) is 8. The summed E-state index contributed by atoms with van der Waals surface area (Å²) in [6.45, 7) is 4.74. The lowest BCUT2D eigenvalue weighted by Crippen LogP contribution is -2.47. The molecule has 1 aliphatic rings. The smallest absolute Gasteiger partial charge is 0.335 e. The van der Waals surface area contributed by atoms with Crippen molar-refractivity contribution in [2.45, 2.75) is 63.3 Å². The molecule has 1 fully saturated rings. The third-order valence-corrected chi connectivity index (χ3v) is 6.32. The Morgan fingerprint density at radius 2 is 2.14 bits per heavy atom. The fourth-order valence-corrected chi connectivity index (χ4v) is 4.46. The van der Waals surface area contributed by atoms with E-state index in [-0.39, 0.29) is 18.6 Å². The van der Waals surface area contributed by atoms with E-state index in [1.54, 1.807) is 55.8 Å². The Kier molecular flexibility index (Phi) is 7.34. The number of nitrogens with zero attached hydrogens (tertiary/aromatic N) is 3. The standard InChI is InChI=1S/C26H31FN6O4/c1-25(2,3)37-24(35)20-8-10-26(11-12-28,15-36-20)33-19-9-13-30-23(34)21(19)22(32-33)31-17-6-4-16(5-7-17)18(29)14-27/h4-7,9,13,18,20H,8,10-11,14-15,29H2,1-3H3,(H,30,34)(H,31,32)/t18-,20-,26-/m0/s1. The zero-order valence-corrected chi connectivity index (χ0v) is 21.1. The second-order valence-corrected chi connectivity index (χ2v) is 10.3. The number of anilines is 2. The van der Waals surface area contributed by atoms with Crippen LogP contribution in [0.3, 0.4) is 0 Å². The predicted octanol–water partition coefficient (Wildman–Crippen LogP) is 3.57. The molecule has 0 amide bonds. The van der Waals surface area contributed by atoms with Crippen LogP contribution < -0.4 is 16.6 Å². The van der Waals surface area contributed by atoms with Crippen molar-refractivity contribution in [3.63, 3.8) is 0 Å². The molecule has 1 saturated heterocycles. The van der Waals surface area contributed by atoms with Crippen LogP contribution in [0.5, 0.6) is 0 Å². The van der Waals surface area contributed by atoms with Crippen molar-refractivity contribution in [1.82, 2.24) is 14.8 Å². The molecule has 4 rings (SSSR count). The molecule has 0 saturated carbocycles. The van der Waals surface area contributed by atoms with E-state index in [0.29, 0.717) is 40.8 Å². The largest absolute Gasteiger partial charge is 0.458 e. The van der Waals surface area contributed by atoms with Gasteiger partial charge in [0.25, 0.3) is 5.56 Å². The molecule has 3 atom stereocenters.